The van der Waals surface area contributed by atoms with Crippen LogP contribution in [0, 0.1) is 0 Å². The molecule has 0 aromatic carbocycles. The minimum atomic E-state index is -4.77. The summed E-state index contributed by atoms with van der Waals surface area (Å²) in [7, 11) is -4.77. The molecule has 0 heterocycles. The van der Waals surface area contributed by atoms with Crippen LogP contribution in [-0.4, -0.2) is 41.0 Å². The number of carbonyl (C=O) groups excluding carboxylic acids is 2. The molecule has 0 aromatic rings. The zero-order chi connectivity index (χ0) is 31.9. The molecule has 0 rings (SSSR count). The Morgan fingerprint density at radius 3 is 1.77 bits per heavy atom. The molecule has 0 aliphatic carbocycles. The van der Waals surface area contributed by atoms with Crippen molar-refractivity contribution in [1.82, 2.24) is 0 Å². The Bertz CT molecular complexity index is 885. The number of phosphoric acid groups is 1. The highest BCUT2D eigenvalue weighted by molar-refractivity contribution is 7.46. The molecule has 0 aromatic heterocycles. The van der Waals surface area contributed by atoms with Crippen molar-refractivity contribution < 1.29 is 37.9 Å². The zero-order valence-electron chi connectivity index (χ0n) is 26.6. The van der Waals surface area contributed by atoms with Crippen LogP contribution < -0.4 is 0 Å². The number of unbranched alkanes of at least 4 members (excludes halogenated alkanes) is 8. The predicted molar refractivity (Wildman–Crippen MR) is 174 cm³/mol. The van der Waals surface area contributed by atoms with Gasteiger partial charge in [0, 0.05) is 12.8 Å². The van der Waals surface area contributed by atoms with E-state index in [1.54, 1.807) is 0 Å². The summed E-state index contributed by atoms with van der Waals surface area (Å²) in [5.41, 5.74) is 0. The van der Waals surface area contributed by atoms with E-state index in [2.05, 4.69) is 67.0 Å². The van der Waals surface area contributed by atoms with Crippen LogP contribution in [0.2, 0.25) is 0 Å². The number of hydrogen-bond acceptors (Lipinski definition) is 6. The molecule has 246 valence electrons. The van der Waals surface area contributed by atoms with E-state index in [4.69, 9.17) is 19.3 Å². The lowest BCUT2D eigenvalue weighted by molar-refractivity contribution is -0.161. The maximum atomic E-state index is 12.2. The lowest BCUT2D eigenvalue weighted by Gasteiger charge is -2.18. The van der Waals surface area contributed by atoms with Crippen molar-refractivity contribution in [3.8, 4) is 0 Å². The Balaban J connectivity index is 4.21. The van der Waals surface area contributed by atoms with E-state index in [0.717, 1.165) is 44.9 Å². The van der Waals surface area contributed by atoms with Crippen LogP contribution in [0.1, 0.15) is 123 Å². The van der Waals surface area contributed by atoms with Crippen LogP contribution in [0.4, 0.5) is 0 Å². The number of ether oxygens (including phenoxy) is 2. The average molecular weight is 625 g/mol. The van der Waals surface area contributed by atoms with Gasteiger partial charge in [-0.3, -0.25) is 14.1 Å². The molecule has 0 spiro atoms. The molecule has 0 radical (unpaired) electrons. The van der Waals surface area contributed by atoms with Gasteiger partial charge in [-0.2, -0.15) is 0 Å². The van der Waals surface area contributed by atoms with Gasteiger partial charge in [-0.15, -0.1) is 0 Å². The third kappa shape index (κ3) is 32.5. The number of allylic oxidation sites excluding steroid dienone is 10. The van der Waals surface area contributed by atoms with Crippen molar-refractivity contribution in [2.24, 2.45) is 0 Å². The van der Waals surface area contributed by atoms with Gasteiger partial charge in [0.1, 0.15) is 6.61 Å². The van der Waals surface area contributed by atoms with Gasteiger partial charge < -0.3 is 19.3 Å². The molecule has 0 saturated heterocycles. The van der Waals surface area contributed by atoms with Gasteiger partial charge in [0.25, 0.3) is 0 Å². The Hall–Kier alpha value is -2.25. The molecule has 0 amide bonds. The van der Waals surface area contributed by atoms with E-state index in [1.807, 2.05) is 12.2 Å². The highest BCUT2D eigenvalue weighted by Gasteiger charge is 2.22. The number of esters is 2. The van der Waals surface area contributed by atoms with Crippen LogP contribution in [0.25, 0.3) is 0 Å². The first-order valence-corrected chi connectivity index (χ1v) is 17.6. The summed E-state index contributed by atoms with van der Waals surface area (Å²) in [5, 5.41) is 0. The minimum Gasteiger partial charge on any atom is -0.462 e. The maximum Gasteiger partial charge on any atom is 0.469 e. The Morgan fingerprint density at radius 1 is 0.628 bits per heavy atom. The van der Waals surface area contributed by atoms with E-state index in [0.29, 0.717) is 12.8 Å². The van der Waals surface area contributed by atoms with Crippen LogP contribution in [-0.2, 0) is 28.2 Å². The molecule has 9 heteroatoms. The summed E-state index contributed by atoms with van der Waals surface area (Å²) in [6.07, 6.45) is 35.4. The molecule has 0 aliphatic heterocycles. The Kier molecular flexibility index (Phi) is 28.2. The number of phosphoric ester groups is 1. The first-order chi connectivity index (χ1) is 20.8. The topological polar surface area (TPSA) is 119 Å². The van der Waals surface area contributed by atoms with E-state index < -0.39 is 32.5 Å². The van der Waals surface area contributed by atoms with E-state index in [9.17, 15) is 14.2 Å². The molecular formula is C34H57O8P. The SMILES string of the molecule is CC/C=C/C/C=C/C/C=C/CCCCC(=O)OCC(COP(=O)(O)O)OC(=O)CC/C=C/C/C=C/CCCCCCCC. The molecule has 0 saturated carbocycles. The molecule has 2 N–H and O–H groups in total. The Labute approximate surface area is 260 Å². The van der Waals surface area contributed by atoms with Gasteiger partial charge in [-0.1, -0.05) is 107 Å². The Morgan fingerprint density at radius 2 is 1.16 bits per heavy atom. The van der Waals surface area contributed by atoms with Gasteiger partial charge in [-0.05, 0) is 64.2 Å². The fraction of sp³-hybridized carbons (Fsp3) is 0.647. The van der Waals surface area contributed by atoms with Crippen LogP contribution in [0.15, 0.2) is 60.8 Å². The van der Waals surface area contributed by atoms with Gasteiger partial charge >= 0.3 is 19.8 Å². The predicted octanol–water partition coefficient (Wildman–Crippen LogP) is 9.00. The third-order valence-electron chi connectivity index (χ3n) is 6.28. The van der Waals surface area contributed by atoms with Crippen molar-refractivity contribution in [2.45, 2.75) is 129 Å². The normalized spacial score (nSPS) is 13.3. The number of hydrogen-bond donors (Lipinski definition) is 2. The smallest absolute Gasteiger partial charge is 0.462 e. The first kappa shape index (κ1) is 40.8. The van der Waals surface area contributed by atoms with Crippen molar-refractivity contribution in [3.05, 3.63) is 60.8 Å². The zero-order valence-corrected chi connectivity index (χ0v) is 27.5. The number of carbonyl (C=O) groups is 2. The summed E-state index contributed by atoms with van der Waals surface area (Å²) in [6, 6.07) is 0. The fourth-order valence-corrected chi connectivity index (χ4v) is 4.27. The molecule has 0 fully saturated rings. The highest BCUT2D eigenvalue weighted by atomic mass is 31.2. The lowest BCUT2D eigenvalue weighted by atomic mass is 10.1. The fourth-order valence-electron chi connectivity index (χ4n) is 3.91. The third-order valence-corrected chi connectivity index (χ3v) is 6.77. The molecule has 8 nitrogen and oxygen atoms in total. The van der Waals surface area contributed by atoms with Crippen molar-refractivity contribution >= 4 is 19.8 Å². The standard InChI is InChI=1S/C34H57O8P/c1-3-5-7-9-11-13-15-17-19-21-23-25-27-29-34(36)42-32(31-41-43(37,38)39)30-40-33(35)28-26-24-22-20-18-16-14-12-10-8-6-4-2/h6,8,12,14,17-20,23,25,32H,3-5,7,9-11,13,15-16,21-22,24,26-31H2,1-2H3,(H2,37,38,39)/b8-6+,14-12+,19-17+,20-18+,25-23+. The summed E-state index contributed by atoms with van der Waals surface area (Å²) >= 11 is 0. The average Bonchev–Trinajstić information content (AvgIpc) is 2.97. The monoisotopic (exact) mass is 624 g/mol. The second kappa shape index (κ2) is 29.8. The summed E-state index contributed by atoms with van der Waals surface area (Å²) < 4.78 is 26.0. The van der Waals surface area contributed by atoms with E-state index in [-0.39, 0.29) is 19.4 Å². The maximum absolute atomic E-state index is 12.2. The molecule has 0 aliphatic rings. The van der Waals surface area contributed by atoms with Crippen molar-refractivity contribution in [3.63, 3.8) is 0 Å². The molecule has 1 unspecified atom stereocenters. The minimum absolute atomic E-state index is 0.0948. The molecule has 0 bridgehead atoms. The van der Waals surface area contributed by atoms with Gasteiger partial charge in [0.05, 0.1) is 6.61 Å². The highest BCUT2D eigenvalue weighted by Crippen LogP contribution is 2.35. The summed E-state index contributed by atoms with van der Waals surface area (Å²) in [4.78, 5) is 42.4. The molecule has 43 heavy (non-hydrogen) atoms. The van der Waals surface area contributed by atoms with Crippen LogP contribution >= 0.6 is 7.82 Å². The van der Waals surface area contributed by atoms with E-state index >= 15 is 0 Å². The van der Waals surface area contributed by atoms with Crippen molar-refractivity contribution in [2.75, 3.05) is 13.2 Å². The largest absolute Gasteiger partial charge is 0.469 e. The van der Waals surface area contributed by atoms with Crippen LogP contribution in [0.3, 0.4) is 0 Å². The second-order valence-electron chi connectivity index (χ2n) is 10.4. The molecular weight excluding hydrogens is 567 g/mol. The quantitative estimate of drug-likeness (QED) is 0.0383. The number of rotatable bonds is 28. The van der Waals surface area contributed by atoms with E-state index in [1.165, 1.54) is 38.5 Å². The van der Waals surface area contributed by atoms with Gasteiger partial charge in [0.15, 0.2) is 6.10 Å². The summed E-state index contributed by atoms with van der Waals surface area (Å²) in [6.45, 7) is 3.43. The summed E-state index contributed by atoms with van der Waals surface area (Å²) in [5.74, 6) is -1.02. The van der Waals surface area contributed by atoms with Gasteiger partial charge in [-0.25, -0.2) is 4.57 Å². The van der Waals surface area contributed by atoms with Crippen LogP contribution in [0.5, 0.6) is 0 Å². The van der Waals surface area contributed by atoms with Crippen molar-refractivity contribution in [1.29, 1.82) is 0 Å². The second-order valence-corrected chi connectivity index (χ2v) is 11.6. The van der Waals surface area contributed by atoms with Gasteiger partial charge in [0.2, 0.25) is 0 Å². The molecule has 1 atom stereocenters. The lowest BCUT2D eigenvalue weighted by Crippen LogP contribution is -2.29. The first-order valence-electron chi connectivity index (χ1n) is 16.1.